The van der Waals surface area contributed by atoms with Crippen molar-refractivity contribution in [3.63, 3.8) is 0 Å². The lowest BCUT2D eigenvalue weighted by Gasteiger charge is -2.24. The van der Waals surface area contributed by atoms with Crippen LogP contribution in [0.25, 0.3) is 0 Å². The van der Waals surface area contributed by atoms with Crippen LogP contribution in [0.2, 0.25) is 0 Å². The van der Waals surface area contributed by atoms with E-state index in [0.717, 1.165) is 12.2 Å². The zero-order valence-electron chi connectivity index (χ0n) is 13.5. The lowest BCUT2D eigenvalue weighted by Crippen LogP contribution is -2.44. The van der Waals surface area contributed by atoms with E-state index in [0.29, 0.717) is 24.1 Å². The molecule has 1 N–H and O–H groups in total. The Hall–Kier alpha value is -1.50. The van der Waals surface area contributed by atoms with Gasteiger partial charge in [-0.2, -0.15) is 0 Å². The number of sulfone groups is 1. The summed E-state index contributed by atoms with van der Waals surface area (Å²) in [6.07, 6.45) is 2.32. The number of urea groups is 1. The van der Waals surface area contributed by atoms with E-state index in [1.165, 1.54) is 11.2 Å². The van der Waals surface area contributed by atoms with Crippen LogP contribution in [0.1, 0.15) is 37.7 Å². The third-order valence-electron chi connectivity index (χ3n) is 4.10. The maximum atomic E-state index is 12.0. The molecule has 7 heteroatoms. The Balaban J connectivity index is 1.82. The van der Waals surface area contributed by atoms with Crippen molar-refractivity contribution < 1.29 is 17.6 Å². The van der Waals surface area contributed by atoms with E-state index >= 15 is 0 Å². The summed E-state index contributed by atoms with van der Waals surface area (Å²) in [6.45, 7) is 4.20. The summed E-state index contributed by atoms with van der Waals surface area (Å²) < 4.78 is 28.3. The van der Waals surface area contributed by atoms with Gasteiger partial charge in [0.15, 0.2) is 0 Å². The maximum Gasteiger partial charge on any atom is 0.317 e. The molecule has 6 nitrogen and oxygen atoms in total. The molecule has 0 saturated heterocycles. The van der Waals surface area contributed by atoms with Gasteiger partial charge in [0.2, 0.25) is 0 Å². The molecule has 0 radical (unpaired) electrons. The first-order valence-corrected chi connectivity index (χ1v) is 9.50. The lowest BCUT2D eigenvalue weighted by atomic mass is 10.3. The number of rotatable bonds is 6. The first-order valence-electron chi connectivity index (χ1n) is 7.44. The molecule has 1 aliphatic rings. The molecule has 2 rings (SSSR count). The number of nitrogens with one attached hydrogen (secondary N) is 1. The van der Waals surface area contributed by atoms with Crippen LogP contribution in [0, 0.1) is 5.92 Å². The van der Waals surface area contributed by atoms with Gasteiger partial charge < -0.3 is 14.6 Å². The van der Waals surface area contributed by atoms with Gasteiger partial charge in [-0.05, 0) is 31.4 Å². The van der Waals surface area contributed by atoms with Crippen LogP contribution in [-0.2, 0) is 16.4 Å². The second kappa shape index (κ2) is 6.32. The van der Waals surface area contributed by atoms with E-state index in [-0.39, 0.29) is 17.8 Å². The number of hydrogen-bond acceptors (Lipinski definition) is 4. The quantitative estimate of drug-likeness (QED) is 0.866. The van der Waals surface area contributed by atoms with Crippen LogP contribution in [0.3, 0.4) is 0 Å². The maximum absolute atomic E-state index is 12.0. The summed E-state index contributed by atoms with van der Waals surface area (Å²) in [5.74, 6) is 2.84. The van der Waals surface area contributed by atoms with Gasteiger partial charge in [0.05, 0.1) is 12.3 Å². The van der Waals surface area contributed by atoms with Gasteiger partial charge >= 0.3 is 6.03 Å². The molecule has 0 bridgehead atoms. The Morgan fingerprint density at radius 2 is 2.14 bits per heavy atom. The minimum absolute atomic E-state index is 0.0542. The lowest BCUT2D eigenvalue weighted by molar-refractivity contribution is 0.196. The number of hydrogen-bond donors (Lipinski definition) is 1. The molecular weight excluding hydrogens is 304 g/mol. The van der Waals surface area contributed by atoms with Crippen molar-refractivity contribution >= 4 is 15.9 Å². The first-order chi connectivity index (χ1) is 10.2. The van der Waals surface area contributed by atoms with Gasteiger partial charge in [0.1, 0.15) is 21.4 Å². The number of carbonyl (C=O) groups excluding carboxylic acids is 1. The highest BCUT2D eigenvalue weighted by atomic mass is 32.2. The molecule has 22 heavy (non-hydrogen) atoms. The number of amides is 2. The minimum atomic E-state index is -3.11. The molecule has 1 fully saturated rings. The predicted molar refractivity (Wildman–Crippen MR) is 84.4 cm³/mol. The molecule has 0 unspecified atom stereocenters. The van der Waals surface area contributed by atoms with Crippen LogP contribution in [0.5, 0.6) is 0 Å². The Morgan fingerprint density at radius 1 is 1.50 bits per heavy atom. The minimum Gasteiger partial charge on any atom is -0.464 e. The van der Waals surface area contributed by atoms with Crippen LogP contribution in [-0.4, -0.2) is 44.4 Å². The van der Waals surface area contributed by atoms with E-state index in [9.17, 15) is 13.2 Å². The van der Waals surface area contributed by atoms with Crippen molar-refractivity contribution in [3.05, 3.63) is 23.7 Å². The van der Waals surface area contributed by atoms with Crippen molar-refractivity contribution in [2.75, 3.05) is 19.1 Å². The predicted octanol–water partition coefficient (Wildman–Crippen LogP) is 1.98. The summed E-state index contributed by atoms with van der Waals surface area (Å²) in [6, 6.07) is 3.15. The standard InChI is InChI=1S/C15H24N2O4S/c1-10-7-13(10)14-6-5-12(21-14)8-16-15(18)17(3)11(2)9-22(4,19)20/h5-6,10-11,13H,7-9H2,1-4H3,(H,16,18)/t10-,11+,13-/m1/s1. The second-order valence-corrected chi connectivity index (χ2v) is 8.52. The summed E-state index contributed by atoms with van der Waals surface area (Å²) in [5.41, 5.74) is 0. The van der Waals surface area contributed by atoms with Crippen molar-refractivity contribution in [1.29, 1.82) is 0 Å². The molecule has 1 aromatic rings. The fourth-order valence-electron chi connectivity index (χ4n) is 2.44. The molecule has 3 atom stereocenters. The van der Waals surface area contributed by atoms with Gasteiger partial charge in [-0.1, -0.05) is 6.92 Å². The molecule has 0 aliphatic heterocycles. The highest BCUT2D eigenvalue weighted by Gasteiger charge is 2.36. The molecule has 0 aromatic carbocycles. The molecule has 1 heterocycles. The first kappa shape index (κ1) is 16.9. The van der Waals surface area contributed by atoms with Crippen LogP contribution in [0.4, 0.5) is 4.79 Å². The third kappa shape index (κ3) is 4.50. The van der Waals surface area contributed by atoms with Crippen LogP contribution >= 0.6 is 0 Å². The average Bonchev–Trinajstić information content (AvgIpc) is 2.96. The largest absolute Gasteiger partial charge is 0.464 e. The molecule has 2 amide bonds. The monoisotopic (exact) mass is 328 g/mol. The highest BCUT2D eigenvalue weighted by Crippen LogP contribution is 2.47. The van der Waals surface area contributed by atoms with Gasteiger partial charge in [-0.25, -0.2) is 13.2 Å². The zero-order chi connectivity index (χ0) is 16.5. The van der Waals surface area contributed by atoms with E-state index in [1.54, 1.807) is 14.0 Å². The third-order valence-corrected chi connectivity index (χ3v) is 5.18. The second-order valence-electron chi connectivity index (χ2n) is 6.33. The van der Waals surface area contributed by atoms with Gasteiger partial charge in [0.25, 0.3) is 0 Å². The molecule has 1 saturated carbocycles. The zero-order valence-corrected chi connectivity index (χ0v) is 14.3. The number of furan rings is 1. The Kier molecular flexibility index (Phi) is 4.84. The van der Waals surface area contributed by atoms with Crippen molar-refractivity contribution in [2.45, 2.75) is 38.8 Å². The van der Waals surface area contributed by atoms with Crippen molar-refractivity contribution in [3.8, 4) is 0 Å². The summed E-state index contributed by atoms with van der Waals surface area (Å²) >= 11 is 0. The summed E-state index contributed by atoms with van der Waals surface area (Å²) in [4.78, 5) is 13.4. The van der Waals surface area contributed by atoms with Crippen molar-refractivity contribution in [1.82, 2.24) is 10.2 Å². The normalized spacial score (nSPS) is 22.2. The SMILES string of the molecule is C[C@@H]1C[C@H]1c1ccc(CNC(=O)N(C)[C@@H](C)CS(C)(=O)=O)o1. The number of nitrogens with zero attached hydrogens (tertiary/aromatic N) is 1. The topological polar surface area (TPSA) is 79.6 Å². The van der Waals surface area contributed by atoms with Gasteiger partial charge in [-0.15, -0.1) is 0 Å². The smallest absolute Gasteiger partial charge is 0.317 e. The molecule has 1 aliphatic carbocycles. The van der Waals surface area contributed by atoms with E-state index in [2.05, 4.69) is 12.2 Å². The Morgan fingerprint density at radius 3 is 2.68 bits per heavy atom. The molecular formula is C15H24N2O4S. The van der Waals surface area contributed by atoms with Gasteiger partial charge in [0, 0.05) is 25.3 Å². The average molecular weight is 328 g/mol. The van der Waals surface area contributed by atoms with E-state index in [1.807, 2.05) is 12.1 Å². The highest BCUT2D eigenvalue weighted by molar-refractivity contribution is 7.90. The Bertz CT molecular complexity index is 638. The number of carbonyl (C=O) groups is 1. The fourth-order valence-corrected chi connectivity index (χ4v) is 3.54. The van der Waals surface area contributed by atoms with Crippen molar-refractivity contribution in [2.24, 2.45) is 5.92 Å². The fraction of sp³-hybridized carbons (Fsp3) is 0.667. The van der Waals surface area contributed by atoms with E-state index in [4.69, 9.17) is 4.42 Å². The van der Waals surface area contributed by atoms with Gasteiger partial charge in [-0.3, -0.25) is 0 Å². The summed E-state index contributed by atoms with van der Waals surface area (Å²) in [5, 5.41) is 2.75. The molecule has 124 valence electrons. The molecule has 0 spiro atoms. The van der Waals surface area contributed by atoms with Crippen LogP contribution < -0.4 is 5.32 Å². The molecule has 1 aromatic heterocycles. The van der Waals surface area contributed by atoms with Crippen LogP contribution in [0.15, 0.2) is 16.5 Å². The van der Waals surface area contributed by atoms with E-state index < -0.39 is 9.84 Å². The Labute approximate surface area is 131 Å². The summed E-state index contributed by atoms with van der Waals surface area (Å²) in [7, 11) is -1.53.